The largest absolute Gasteiger partial charge is 0.493 e. The van der Waals surface area contributed by atoms with Gasteiger partial charge in [0.25, 0.3) is 0 Å². The van der Waals surface area contributed by atoms with Crippen molar-refractivity contribution in [1.82, 2.24) is 4.98 Å². The second kappa shape index (κ2) is 8.28. The number of aryl methyl sites for hydroxylation is 1. The SMILES string of the molecule is CC(=O)N(c1nc(COC(=O)c2ccc3c(c2)CCO3)cs1)c1cccc(C)c1C. The molecule has 0 bridgehead atoms. The lowest BCUT2D eigenvalue weighted by atomic mass is 10.1. The van der Waals surface area contributed by atoms with Gasteiger partial charge < -0.3 is 9.47 Å². The average Bonchev–Trinajstić information content (AvgIpc) is 3.38. The van der Waals surface area contributed by atoms with Crippen molar-refractivity contribution < 1.29 is 19.1 Å². The van der Waals surface area contributed by atoms with Crippen LogP contribution in [0.25, 0.3) is 0 Å². The normalized spacial score (nSPS) is 12.2. The number of benzene rings is 2. The van der Waals surface area contributed by atoms with E-state index >= 15 is 0 Å². The Labute approximate surface area is 179 Å². The first-order chi connectivity index (χ1) is 14.4. The molecule has 0 spiro atoms. The standard InChI is InChI=1S/C23H22N2O4S/c1-14-5-4-6-20(15(14)2)25(16(3)26)23-24-19(13-30-23)12-29-22(27)18-7-8-21-17(11-18)9-10-28-21/h4-8,11,13H,9-10,12H2,1-3H3. The second-order valence-corrected chi connectivity index (χ2v) is 8.03. The lowest BCUT2D eigenvalue weighted by Gasteiger charge is -2.21. The summed E-state index contributed by atoms with van der Waals surface area (Å²) in [4.78, 5) is 30.9. The van der Waals surface area contributed by atoms with Crippen LogP contribution < -0.4 is 9.64 Å². The molecule has 6 nitrogen and oxygen atoms in total. The van der Waals surface area contributed by atoms with E-state index in [1.165, 1.54) is 18.3 Å². The van der Waals surface area contributed by atoms with Crippen molar-refractivity contribution in [1.29, 1.82) is 0 Å². The van der Waals surface area contributed by atoms with Crippen molar-refractivity contribution in [3.8, 4) is 5.75 Å². The molecule has 0 saturated heterocycles. The number of fused-ring (bicyclic) bond motifs is 1. The summed E-state index contributed by atoms with van der Waals surface area (Å²) in [5.41, 5.74) is 5.05. The van der Waals surface area contributed by atoms with E-state index in [1.54, 1.807) is 22.4 Å². The minimum Gasteiger partial charge on any atom is -0.493 e. The van der Waals surface area contributed by atoms with Crippen LogP contribution in [-0.4, -0.2) is 23.5 Å². The number of rotatable bonds is 5. The Balaban J connectivity index is 1.48. The Kier molecular flexibility index (Phi) is 5.55. The number of hydrogen-bond donors (Lipinski definition) is 0. The highest BCUT2D eigenvalue weighted by Crippen LogP contribution is 2.32. The van der Waals surface area contributed by atoms with Crippen LogP contribution in [0.1, 0.15) is 39.7 Å². The third kappa shape index (κ3) is 3.93. The molecule has 1 aliphatic heterocycles. The van der Waals surface area contributed by atoms with Crippen molar-refractivity contribution in [2.24, 2.45) is 0 Å². The van der Waals surface area contributed by atoms with Gasteiger partial charge in [-0.1, -0.05) is 12.1 Å². The van der Waals surface area contributed by atoms with Crippen LogP contribution in [-0.2, 0) is 22.6 Å². The number of nitrogens with zero attached hydrogens (tertiary/aromatic N) is 2. The van der Waals surface area contributed by atoms with E-state index in [1.807, 2.05) is 38.1 Å². The van der Waals surface area contributed by atoms with Gasteiger partial charge in [0.2, 0.25) is 5.91 Å². The summed E-state index contributed by atoms with van der Waals surface area (Å²) in [7, 11) is 0. The molecule has 154 valence electrons. The molecule has 7 heteroatoms. The van der Waals surface area contributed by atoms with E-state index in [4.69, 9.17) is 9.47 Å². The van der Waals surface area contributed by atoms with E-state index < -0.39 is 5.97 Å². The topological polar surface area (TPSA) is 68.7 Å². The number of carbonyl (C=O) groups excluding carboxylic acids is 2. The minimum absolute atomic E-state index is 0.0431. The molecule has 0 N–H and O–H groups in total. The molecule has 1 aliphatic rings. The maximum absolute atomic E-state index is 12.4. The molecule has 0 fully saturated rings. The number of esters is 1. The summed E-state index contributed by atoms with van der Waals surface area (Å²) in [5, 5.41) is 2.36. The second-order valence-electron chi connectivity index (χ2n) is 7.19. The van der Waals surface area contributed by atoms with Crippen molar-refractivity contribution in [2.75, 3.05) is 11.5 Å². The number of carbonyl (C=O) groups is 2. The average molecular weight is 423 g/mol. The zero-order valence-corrected chi connectivity index (χ0v) is 17.9. The third-order valence-corrected chi connectivity index (χ3v) is 6.01. The molecule has 0 atom stereocenters. The van der Waals surface area contributed by atoms with Crippen LogP contribution in [0.15, 0.2) is 41.8 Å². The van der Waals surface area contributed by atoms with Crippen molar-refractivity contribution >= 4 is 34.0 Å². The zero-order chi connectivity index (χ0) is 21.3. The van der Waals surface area contributed by atoms with Gasteiger partial charge in [-0.05, 0) is 54.8 Å². The Bertz CT molecular complexity index is 1120. The molecule has 2 heterocycles. The number of hydrogen-bond acceptors (Lipinski definition) is 6. The van der Waals surface area contributed by atoms with Crippen molar-refractivity contribution in [3.05, 3.63) is 69.7 Å². The minimum atomic E-state index is -0.405. The molecule has 3 aromatic rings. The number of ether oxygens (including phenoxy) is 2. The van der Waals surface area contributed by atoms with E-state index in [2.05, 4.69) is 4.98 Å². The maximum atomic E-state index is 12.4. The van der Waals surface area contributed by atoms with Crippen LogP contribution in [0, 0.1) is 13.8 Å². The quantitative estimate of drug-likeness (QED) is 0.556. The molecule has 0 radical (unpaired) electrons. The Morgan fingerprint density at radius 3 is 2.87 bits per heavy atom. The molecule has 2 aromatic carbocycles. The molecular weight excluding hydrogens is 400 g/mol. The summed E-state index contributed by atoms with van der Waals surface area (Å²) in [6.45, 7) is 6.19. The highest BCUT2D eigenvalue weighted by molar-refractivity contribution is 7.14. The van der Waals surface area contributed by atoms with Gasteiger partial charge in [-0.3, -0.25) is 9.69 Å². The number of thiazole rings is 1. The van der Waals surface area contributed by atoms with Crippen LogP contribution in [0.4, 0.5) is 10.8 Å². The van der Waals surface area contributed by atoms with Gasteiger partial charge in [0.1, 0.15) is 12.4 Å². The fourth-order valence-corrected chi connectivity index (χ4v) is 4.25. The van der Waals surface area contributed by atoms with Gasteiger partial charge in [-0.2, -0.15) is 0 Å². The first-order valence-corrected chi connectivity index (χ1v) is 10.6. The lowest BCUT2D eigenvalue weighted by Crippen LogP contribution is -2.23. The summed E-state index contributed by atoms with van der Waals surface area (Å²) < 4.78 is 10.9. The Morgan fingerprint density at radius 2 is 2.07 bits per heavy atom. The summed E-state index contributed by atoms with van der Waals surface area (Å²) in [5.74, 6) is 0.297. The predicted molar refractivity (Wildman–Crippen MR) is 116 cm³/mol. The summed E-state index contributed by atoms with van der Waals surface area (Å²) >= 11 is 1.35. The first-order valence-electron chi connectivity index (χ1n) is 9.68. The molecule has 4 rings (SSSR count). The van der Waals surface area contributed by atoms with Gasteiger partial charge in [-0.25, -0.2) is 9.78 Å². The molecule has 0 aliphatic carbocycles. The lowest BCUT2D eigenvalue weighted by molar-refractivity contribution is -0.115. The first kappa shape index (κ1) is 20.1. The van der Waals surface area contributed by atoms with Crippen molar-refractivity contribution in [3.63, 3.8) is 0 Å². The van der Waals surface area contributed by atoms with Crippen LogP contribution in [0.5, 0.6) is 5.75 Å². The fourth-order valence-electron chi connectivity index (χ4n) is 3.39. The molecule has 1 amide bonds. The van der Waals surface area contributed by atoms with Gasteiger partial charge in [0.15, 0.2) is 5.13 Å². The molecule has 30 heavy (non-hydrogen) atoms. The summed E-state index contributed by atoms with van der Waals surface area (Å²) in [6.07, 6.45) is 0.797. The monoisotopic (exact) mass is 422 g/mol. The van der Waals surface area contributed by atoms with Crippen LogP contribution in [0.3, 0.4) is 0 Å². The zero-order valence-electron chi connectivity index (χ0n) is 17.1. The molecule has 0 unspecified atom stereocenters. The highest BCUT2D eigenvalue weighted by Gasteiger charge is 2.21. The molecule has 0 saturated carbocycles. The fraction of sp³-hybridized carbons (Fsp3) is 0.261. The van der Waals surface area contributed by atoms with E-state index in [0.717, 1.165) is 34.5 Å². The van der Waals surface area contributed by atoms with E-state index in [9.17, 15) is 9.59 Å². The van der Waals surface area contributed by atoms with E-state index in [0.29, 0.717) is 23.0 Å². The number of amides is 1. The maximum Gasteiger partial charge on any atom is 0.338 e. The van der Waals surface area contributed by atoms with Crippen LogP contribution in [0.2, 0.25) is 0 Å². The van der Waals surface area contributed by atoms with Gasteiger partial charge in [0.05, 0.1) is 23.6 Å². The molecular formula is C23H22N2O4S. The summed E-state index contributed by atoms with van der Waals surface area (Å²) in [6, 6.07) is 11.2. The predicted octanol–water partition coefficient (Wildman–Crippen LogP) is 4.74. The van der Waals surface area contributed by atoms with Gasteiger partial charge in [0, 0.05) is 18.7 Å². The van der Waals surface area contributed by atoms with Crippen molar-refractivity contribution in [2.45, 2.75) is 33.8 Å². The molecule has 1 aromatic heterocycles. The van der Waals surface area contributed by atoms with Gasteiger partial charge in [-0.15, -0.1) is 11.3 Å². The third-order valence-electron chi connectivity index (χ3n) is 5.14. The highest BCUT2D eigenvalue weighted by atomic mass is 32.1. The Morgan fingerprint density at radius 1 is 1.23 bits per heavy atom. The number of aromatic nitrogens is 1. The smallest absolute Gasteiger partial charge is 0.338 e. The number of anilines is 2. The van der Waals surface area contributed by atoms with E-state index in [-0.39, 0.29) is 12.5 Å². The van der Waals surface area contributed by atoms with Gasteiger partial charge >= 0.3 is 5.97 Å². The van der Waals surface area contributed by atoms with Crippen LogP contribution >= 0.6 is 11.3 Å². The Hall–Kier alpha value is -3.19.